The fraction of sp³-hybridized carbons (Fsp3) is 0.478. The summed E-state index contributed by atoms with van der Waals surface area (Å²) in [6.07, 6.45) is 8.05. The first kappa shape index (κ1) is 19.2. The van der Waals surface area contributed by atoms with Gasteiger partial charge in [-0.25, -0.2) is 0 Å². The molecule has 1 aromatic rings. The number of benzene rings is 1. The topological polar surface area (TPSA) is 95.6 Å². The molecule has 156 valence electrons. The first-order valence-electron chi connectivity index (χ1n) is 10.7. The van der Waals surface area contributed by atoms with Crippen molar-refractivity contribution in [3.8, 4) is 0 Å². The number of allylic oxidation sites excluding steroid dienone is 2. The van der Waals surface area contributed by atoms with Crippen molar-refractivity contribution in [2.75, 3.05) is 13.1 Å². The Morgan fingerprint density at radius 1 is 1.03 bits per heavy atom. The lowest BCUT2D eigenvalue weighted by Crippen LogP contribution is -2.54. The maximum atomic E-state index is 13.0. The van der Waals surface area contributed by atoms with Gasteiger partial charge in [-0.3, -0.25) is 29.4 Å². The number of rotatable bonds is 3. The van der Waals surface area contributed by atoms with Crippen LogP contribution in [-0.2, 0) is 16.0 Å². The first-order valence-corrected chi connectivity index (χ1v) is 10.7. The predicted molar refractivity (Wildman–Crippen MR) is 109 cm³/mol. The first-order chi connectivity index (χ1) is 14.5. The van der Waals surface area contributed by atoms with Crippen molar-refractivity contribution in [3.05, 3.63) is 46.5 Å². The quantitative estimate of drug-likeness (QED) is 0.588. The van der Waals surface area contributed by atoms with Gasteiger partial charge in [-0.2, -0.15) is 0 Å². The predicted octanol–water partition coefficient (Wildman–Crippen LogP) is 1.72. The fourth-order valence-corrected chi connectivity index (χ4v) is 5.35. The van der Waals surface area contributed by atoms with Crippen LogP contribution in [0.5, 0.6) is 0 Å². The average Bonchev–Trinajstić information content (AvgIpc) is 3.21. The standard InChI is InChI=1S/C23H25N3O4/c27-19-4-3-18(20(28)25-19)26-21(29)16-2-1-14(12-17(16)22(26)30)11-15-5-6-23(13-15)7-9-24-10-8-23/h1-2,5,12,18,24H,3-4,6-11,13H2,(H,25,27,28). The van der Waals surface area contributed by atoms with E-state index >= 15 is 0 Å². The van der Waals surface area contributed by atoms with Gasteiger partial charge < -0.3 is 5.32 Å². The molecule has 1 aliphatic carbocycles. The largest absolute Gasteiger partial charge is 0.317 e. The van der Waals surface area contributed by atoms with Gasteiger partial charge >= 0.3 is 0 Å². The van der Waals surface area contributed by atoms with Gasteiger partial charge in [0.2, 0.25) is 11.8 Å². The summed E-state index contributed by atoms with van der Waals surface area (Å²) in [5, 5.41) is 5.66. The van der Waals surface area contributed by atoms with Crippen LogP contribution < -0.4 is 10.6 Å². The van der Waals surface area contributed by atoms with E-state index in [1.54, 1.807) is 12.1 Å². The molecular weight excluding hydrogens is 382 g/mol. The van der Waals surface area contributed by atoms with Gasteiger partial charge in [0.15, 0.2) is 0 Å². The lowest BCUT2D eigenvalue weighted by Gasteiger charge is -2.34. The molecule has 1 aromatic carbocycles. The Kier molecular flexibility index (Phi) is 4.58. The maximum absolute atomic E-state index is 13.0. The molecule has 7 heteroatoms. The number of amides is 4. The van der Waals surface area contributed by atoms with Crippen molar-refractivity contribution < 1.29 is 19.2 Å². The smallest absolute Gasteiger partial charge is 0.262 e. The molecule has 1 atom stereocenters. The van der Waals surface area contributed by atoms with E-state index in [9.17, 15) is 19.2 Å². The number of nitrogens with one attached hydrogen (secondary N) is 2. The lowest BCUT2D eigenvalue weighted by atomic mass is 9.76. The highest BCUT2D eigenvalue weighted by Gasteiger charge is 2.44. The van der Waals surface area contributed by atoms with E-state index in [1.165, 1.54) is 18.4 Å². The van der Waals surface area contributed by atoms with Gasteiger partial charge in [0.25, 0.3) is 11.8 Å². The van der Waals surface area contributed by atoms with Crippen molar-refractivity contribution in [1.82, 2.24) is 15.5 Å². The van der Waals surface area contributed by atoms with Crippen LogP contribution in [0, 0.1) is 5.41 Å². The van der Waals surface area contributed by atoms with Crippen molar-refractivity contribution in [2.45, 2.75) is 51.0 Å². The molecule has 0 radical (unpaired) electrons. The molecule has 4 amide bonds. The number of nitrogens with zero attached hydrogens (tertiary/aromatic N) is 1. The Hall–Kier alpha value is -2.80. The normalized spacial score (nSPS) is 25.5. The van der Waals surface area contributed by atoms with Gasteiger partial charge in [0, 0.05) is 6.42 Å². The Morgan fingerprint density at radius 3 is 2.57 bits per heavy atom. The Morgan fingerprint density at radius 2 is 1.80 bits per heavy atom. The van der Waals surface area contributed by atoms with E-state index in [2.05, 4.69) is 16.7 Å². The zero-order valence-electron chi connectivity index (χ0n) is 16.8. The van der Waals surface area contributed by atoms with Gasteiger partial charge in [-0.05, 0) is 74.7 Å². The third-order valence-corrected chi connectivity index (χ3v) is 7.03. The second kappa shape index (κ2) is 7.16. The van der Waals surface area contributed by atoms with Crippen LogP contribution >= 0.6 is 0 Å². The summed E-state index contributed by atoms with van der Waals surface area (Å²) >= 11 is 0. The summed E-state index contributed by atoms with van der Waals surface area (Å²) in [6, 6.07) is 4.49. The molecule has 2 saturated heterocycles. The second-order valence-corrected chi connectivity index (χ2v) is 9.00. The van der Waals surface area contributed by atoms with Crippen LogP contribution in [0.25, 0.3) is 0 Å². The number of imide groups is 2. The summed E-state index contributed by atoms with van der Waals surface area (Å²) < 4.78 is 0. The van der Waals surface area contributed by atoms with Gasteiger partial charge in [0.05, 0.1) is 11.1 Å². The van der Waals surface area contributed by atoms with E-state index in [-0.39, 0.29) is 18.7 Å². The van der Waals surface area contributed by atoms with Crippen molar-refractivity contribution in [1.29, 1.82) is 0 Å². The van der Waals surface area contributed by atoms with Gasteiger partial charge in [-0.1, -0.05) is 17.7 Å². The number of carbonyl (C=O) groups is 4. The maximum Gasteiger partial charge on any atom is 0.262 e. The van der Waals surface area contributed by atoms with E-state index in [1.807, 2.05) is 6.07 Å². The fourth-order valence-electron chi connectivity index (χ4n) is 5.35. The Bertz CT molecular complexity index is 990. The SMILES string of the molecule is O=C1CCC(N2C(=O)c3ccc(CC4=CCC5(CCNCC5)C4)cc3C2=O)C(=O)N1. The minimum absolute atomic E-state index is 0.125. The van der Waals surface area contributed by atoms with E-state index in [0.717, 1.165) is 42.8 Å². The molecule has 30 heavy (non-hydrogen) atoms. The number of fused-ring (bicyclic) bond motifs is 1. The van der Waals surface area contributed by atoms with Crippen molar-refractivity contribution >= 4 is 23.6 Å². The third kappa shape index (κ3) is 3.17. The van der Waals surface area contributed by atoms with Gasteiger partial charge in [0.1, 0.15) is 6.04 Å². The molecule has 4 aliphatic rings. The molecule has 2 N–H and O–H groups in total. The van der Waals surface area contributed by atoms with Crippen LogP contribution in [0.4, 0.5) is 0 Å². The molecule has 5 rings (SSSR count). The molecule has 0 bridgehead atoms. The summed E-state index contributed by atoms with van der Waals surface area (Å²) in [4.78, 5) is 50.4. The summed E-state index contributed by atoms with van der Waals surface area (Å²) in [5.74, 6) is -1.85. The highest BCUT2D eigenvalue weighted by atomic mass is 16.2. The highest BCUT2D eigenvalue weighted by molar-refractivity contribution is 6.23. The van der Waals surface area contributed by atoms with Crippen LogP contribution in [0.15, 0.2) is 29.8 Å². The van der Waals surface area contributed by atoms with E-state index in [0.29, 0.717) is 16.5 Å². The molecule has 1 unspecified atom stereocenters. The zero-order chi connectivity index (χ0) is 20.9. The van der Waals surface area contributed by atoms with Crippen LogP contribution in [0.1, 0.15) is 64.8 Å². The minimum atomic E-state index is -0.921. The average molecular weight is 407 g/mol. The second-order valence-electron chi connectivity index (χ2n) is 9.00. The number of carbonyl (C=O) groups excluding carboxylic acids is 4. The number of piperidine rings is 2. The molecule has 1 spiro atoms. The van der Waals surface area contributed by atoms with E-state index in [4.69, 9.17) is 0 Å². The van der Waals surface area contributed by atoms with Crippen LogP contribution in [0.3, 0.4) is 0 Å². The number of hydrogen-bond donors (Lipinski definition) is 2. The molecule has 0 saturated carbocycles. The molecule has 2 fully saturated rings. The lowest BCUT2D eigenvalue weighted by molar-refractivity contribution is -0.136. The monoisotopic (exact) mass is 407 g/mol. The molecule has 7 nitrogen and oxygen atoms in total. The number of hydrogen-bond acceptors (Lipinski definition) is 5. The molecule has 3 aliphatic heterocycles. The summed E-state index contributed by atoms with van der Waals surface area (Å²) in [6.45, 7) is 2.15. The molecule has 3 heterocycles. The molecular formula is C23H25N3O4. The van der Waals surface area contributed by atoms with E-state index < -0.39 is 23.8 Å². The minimum Gasteiger partial charge on any atom is -0.317 e. The van der Waals surface area contributed by atoms with Gasteiger partial charge in [-0.15, -0.1) is 0 Å². The third-order valence-electron chi connectivity index (χ3n) is 7.03. The van der Waals surface area contributed by atoms with Crippen LogP contribution in [0.2, 0.25) is 0 Å². The van der Waals surface area contributed by atoms with Crippen molar-refractivity contribution in [3.63, 3.8) is 0 Å². The summed E-state index contributed by atoms with van der Waals surface area (Å²) in [7, 11) is 0. The van der Waals surface area contributed by atoms with Crippen LogP contribution in [-0.4, -0.2) is 47.7 Å². The molecule has 0 aromatic heterocycles. The van der Waals surface area contributed by atoms with Crippen molar-refractivity contribution in [2.24, 2.45) is 5.41 Å². The Balaban J connectivity index is 1.33. The summed E-state index contributed by atoms with van der Waals surface area (Å²) in [5.41, 5.74) is 3.50. The Labute approximate surface area is 174 Å². The highest BCUT2D eigenvalue weighted by Crippen LogP contribution is 2.45. The zero-order valence-corrected chi connectivity index (χ0v) is 16.8.